The van der Waals surface area contributed by atoms with Crippen molar-refractivity contribution in [3.8, 4) is 0 Å². The number of rotatable bonds is 4. The lowest BCUT2D eigenvalue weighted by atomic mass is 9.54. The van der Waals surface area contributed by atoms with Crippen molar-refractivity contribution < 1.29 is 23.4 Å². The Bertz CT molecular complexity index is 1000. The Kier molecular flexibility index (Phi) is 6.40. The number of nitrogens with zero attached hydrogens (tertiary/aromatic N) is 1. The maximum atomic E-state index is 16.1. The van der Waals surface area contributed by atoms with E-state index in [0.717, 1.165) is 36.0 Å². The average Bonchev–Trinajstić information content (AvgIpc) is 3.15. The van der Waals surface area contributed by atoms with Crippen LogP contribution in [-0.2, 0) is 9.53 Å². The molecule has 6 heteroatoms. The SMILES string of the molecule is C=C/C(=C\C(F)=C(/F)C1CC2(C)C(O)CCC2C2CCC3=CC(=O)CCC3=C12)N1CCOCC1. The molecule has 3 fully saturated rings. The first-order valence-electron chi connectivity index (χ1n) is 12.7. The summed E-state index contributed by atoms with van der Waals surface area (Å²) in [6.45, 7) is 8.19. The summed E-state index contributed by atoms with van der Waals surface area (Å²) in [7, 11) is 0. The van der Waals surface area contributed by atoms with Gasteiger partial charge < -0.3 is 14.7 Å². The van der Waals surface area contributed by atoms with E-state index < -0.39 is 29.1 Å². The second-order valence-electron chi connectivity index (χ2n) is 10.7. The molecule has 0 bridgehead atoms. The molecule has 1 N–H and O–H groups in total. The molecule has 0 radical (unpaired) electrons. The minimum absolute atomic E-state index is 0.123. The summed E-state index contributed by atoms with van der Waals surface area (Å²) < 4.78 is 37.0. The fraction of sp³-hybridized carbons (Fsp3) is 0.607. The van der Waals surface area contributed by atoms with Gasteiger partial charge in [0, 0.05) is 31.1 Å². The minimum atomic E-state index is -0.865. The molecule has 1 saturated heterocycles. The molecule has 5 aliphatic rings. The van der Waals surface area contributed by atoms with Crippen molar-refractivity contribution in [1.82, 2.24) is 4.90 Å². The highest BCUT2D eigenvalue weighted by Gasteiger charge is 2.57. The van der Waals surface area contributed by atoms with Gasteiger partial charge in [0.15, 0.2) is 11.6 Å². The molecule has 0 amide bonds. The molecule has 0 aromatic carbocycles. The summed E-state index contributed by atoms with van der Waals surface area (Å²) in [6.07, 6.45) is 8.73. The lowest BCUT2D eigenvalue weighted by Crippen LogP contribution is -2.46. The number of hydrogen-bond donors (Lipinski definition) is 1. The number of carbonyl (C=O) groups is 1. The number of morpholine rings is 1. The molecular formula is C28H35F2NO3. The second kappa shape index (κ2) is 9.19. The molecule has 0 spiro atoms. The minimum Gasteiger partial charge on any atom is -0.393 e. The highest BCUT2D eigenvalue weighted by atomic mass is 19.2. The zero-order chi connectivity index (χ0) is 24.0. The monoisotopic (exact) mass is 471 g/mol. The Balaban J connectivity index is 1.58. The van der Waals surface area contributed by atoms with E-state index in [1.165, 1.54) is 6.08 Å². The van der Waals surface area contributed by atoms with E-state index in [-0.39, 0.29) is 17.6 Å². The van der Waals surface area contributed by atoms with Gasteiger partial charge in [0.2, 0.25) is 0 Å². The number of allylic oxidation sites excluding steroid dienone is 8. The van der Waals surface area contributed by atoms with Crippen molar-refractivity contribution >= 4 is 5.78 Å². The number of aliphatic hydroxyl groups is 1. The molecule has 0 aromatic rings. The average molecular weight is 472 g/mol. The van der Waals surface area contributed by atoms with Crippen LogP contribution < -0.4 is 0 Å². The molecule has 0 aromatic heterocycles. The molecule has 1 aliphatic heterocycles. The predicted octanol–water partition coefficient (Wildman–Crippen LogP) is 5.33. The normalized spacial score (nSPS) is 36.9. The third-order valence-corrected chi connectivity index (χ3v) is 9.08. The fourth-order valence-corrected chi connectivity index (χ4v) is 7.33. The quantitative estimate of drug-likeness (QED) is 0.563. The van der Waals surface area contributed by atoms with Gasteiger partial charge in [-0.3, -0.25) is 4.79 Å². The van der Waals surface area contributed by atoms with Crippen LogP contribution in [0.5, 0.6) is 0 Å². The first-order chi connectivity index (χ1) is 16.3. The fourth-order valence-electron chi connectivity index (χ4n) is 7.33. The van der Waals surface area contributed by atoms with E-state index in [1.807, 2.05) is 4.90 Å². The van der Waals surface area contributed by atoms with Crippen molar-refractivity contribution in [2.45, 2.75) is 58.0 Å². The van der Waals surface area contributed by atoms with Crippen molar-refractivity contribution in [2.24, 2.45) is 23.2 Å². The van der Waals surface area contributed by atoms with Crippen LogP contribution in [-0.4, -0.2) is 48.2 Å². The van der Waals surface area contributed by atoms with E-state index in [1.54, 1.807) is 12.2 Å². The topological polar surface area (TPSA) is 49.8 Å². The van der Waals surface area contributed by atoms with E-state index >= 15 is 8.78 Å². The molecule has 1 heterocycles. The maximum Gasteiger partial charge on any atom is 0.157 e. The van der Waals surface area contributed by atoms with Crippen molar-refractivity contribution in [1.29, 1.82) is 0 Å². The zero-order valence-electron chi connectivity index (χ0n) is 20.0. The Labute approximate surface area is 200 Å². The summed E-state index contributed by atoms with van der Waals surface area (Å²) in [6, 6.07) is 0. The summed E-state index contributed by atoms with van der Waals surface area (Å²) in [5.41, 5.74) is 3.21. The zero-order valence-corrected chi connectivity index (χ0v) is 20.0. The first kappa shape index (κ1) is 23.7. The van der Waals surface area contributed by atoms with Crippen LogP contribution in [0.1, 0.15) is 51.9 Å². The van der Waals surface area contributed by atoms with E-state index in [9.17, 15) is 9.90 Å². The molecule has 184 valence electrons. The standard InChI is InChI=1S/C28H35F2NO3/c1-3-18(31-10-12-34-13-11-31)15-24(29)27(30)22-16-28(2)23(8-9-25(28)33)21-6-4-17-14-19(32)5-7-20(17)26(21)22/h3,14-15,21-23,25,33H,1,4-13,16H2,2H3/b18-15+,27-24+. The van der Waals surface area contributed by atoms with Gasteiger partial charge in [-0.1, -0.05) is 19.1 Å². The maximum absolute atomic E-state index is 16.1. The van der Waals surface area contributed by atoms with Crippen molar-refractivity contribution in [3.05, 3.63) is 58.9 Å². The van der Waals surface area contributed by atoms with E-state index in [0.29, 0.717) is 57.7 Å². The van der Waals surface area contributed by atoms with Crippen LogP contribution >= 0.6 is 0 Å². The molecule has 4 aliphatic carbocycles. The van der Waals surface area contributed by atoms with Crippen LogP contribution in [0.2, 0.25) is 0 Å². The number of ketones is 1. The molecule has 5 rings (SSSR count). The molecule has 34 heavy (non-hydrogen) atoms. The van der Waals surface area contributed by atoms with Gasteiger partial charge in [0.25, 0.3) is 0 Å². The van der Waals surface area contributed by atoms with Crippen LogP contribution in [0, 0.1) is 23.2 Å². The summed E-state index contributed by atoms with van der Waals surface area (Å²) in [5, 5.41) is 10.9. The largest absolute Gasteiger partial charge is 0.393 e. The Morgan fingerprint density at radius 3 is 2.71 bits per heavy atom. The smallest absolute Gasteiger partial charge is 0.157 e. The highest BCUT2D eigenvalue weighted by molar-refractivity contribution is 5.93. The number of ether oxygens (including phenoxy) is 1. The number of halogens is 2. The lowest BCUT2D eigenvalue weighted by molar-refractivity contribution is -0.114. The van der Waals surface area contributed by atoms with Gasteiger partial charge in [0.05, 0.1) is 19.3 Å². The van der Waals surface area contributed by atoms with Gasteiger partial charge in [-0.2, -0.15) is 0 Å². The number of aliphatic hydroxyl groups excluding tert-OH is 1. The number of hydrogen-bond acceptors (Lipinski definition) is 4. The van der Waals surface area contributed by atoms with Crippen LogP contribution in [0.15, 0.2) is 58.9 Å². The van der Waals surface area contributed by atoms with Gasteiger partial charge >= 0.3 is 0 Å². The number of fused-ring (bicyclic) bond motifs is 4. The highest BCUT2D eigenvalue weighted by Crippen LogP contribution is 2.63. The van der Waals surface area contributed by atoms with Crippen molar-refractivity contribution in [3.63, 3.8) is 0 Å². The van der Waals surface area contributed by atoms with E-state index in [2.05, 4.69) is 13.5 Å². The Morgan fingerprint density at radius 2 is 1.97 bits per heavy atom. The van der Waals surface area contributed by atoms with Gasteiger partial charge in [0.1, 0.15) is 5.83 Å². The molecule has 5 unspecified atom stereocenters. The van der Waals surface area contributed by atoms with Gasteiger partial charge in [-0.25, -0.2) is 8.78 Å². The first-order valence-corrected chi connectivity index (χ1v) is 12.7. The number of carbonyl (C=O) groups excluding carboxylic acids is 1. The lowest BCUT2D eigenvalue weighted by Gasteiger charge is -2.51. The van der Waals surface area contributed by atoms with Gasteiger partial charge in [-0.15, -0.1) is 0 Å². The predicted molar refractivity (Wildman–Crippen MR) is 127 cm³/mol. The summed E-state index contributed by atoms with van der Waals surface area (Å²) in [4.78, 5) is 14.0. The van der Waals surface area contributed by atoms with Crippen LogP contribution in [0.3, 0.4) is 0 Å². The van der Waals surface area contributed by atoms with Gasteiger partial charge in [-0.05, 0) is 85.2 Å². The summed E-state index contributed by atoms with van der Waals surface area (Å²) >= 11 is 0. The Morgan fingerprint density at radius 1 is 1.21 bits per heavy atom. The molecular weight excluding hydrogens is 436 g/mol. The van der Waals surface area contributed by atoms with E-state index in [4.69, 9.17) is 4.74 Å². The molecule has 5 atom stereocenters. The molecule has 4 nitrogen and oxygen atoms in total. The van der Waals surface area contributed by atoms with Crippen LogP contribution in [0.25, 0.3) is 0 Å². The van der Waals surface area contributed by atoms with Crippen molar-refractivity contribution in [2.75, 3.05) is 26.3 Å². The third-order valence-electron chi connectivity index (χ3n) is 9.08. The third kappa shape index (κ3) is 3.93. The van der Waals surface area contributed by atoms with Crippen LogP contribution in [0.4, 0.5) is 8.78 Å². The summed E-state index contributed by atoms with van der Waals surface area (Å²) in [5.74, 6) is -1.81. The molecule has 2 saturated carbocycles. The second-order valence-corrected chi connectivity index (χ2v) is 10.7. The Hall–Kier alpha value is -2.05.